The summed E-state index contributed by atoms with van der Waals surface area (Å²) < 4.78 is 1.80. The lowest BCUT2D eigenvalue weighted by Gasteiger charge is -2.23. The van der Waals surface area contributed by atoms with E-state index in [1.54, 1.807) is 17.3 Å². The first-order valence-corrected chi connectivity index (χ1v) is 8.18. The first-order valence-electron chi connectivity index (χ1n) is 7.81. The summed E-state index contributed by atoms with van der Waals surface area (Å²) in [7, 11) is 0. The highest BCUT2D eigenvalue weighted by molar-refractivity contribution is 6.30. The van der Waals surface area contributed by atoms with E-state index in [-0.39, 0.29) is 0 Å². The van der Waals surface area contributed by atoms with Gasteiger partial charge in [-0.15, -0.1) is 0 Å². The highest BCUT2D eigenvalue weighted by Crippen LogP contribution is 2.37. The molecular weight excluding hydrogens is 298 g/mol. The average molecular weight is 318 g/mol. The van der Waals surface area contributed by atoms with Gasteiger partial charge in [0.15, 0.2) is 0 Å². The van der Waals surface area contributed by atoms with Crippen LogP contribution in [0.1, 0.15) is 18.4 Å². The molecule has 1 N–H and O–H groups in total. The second kappa shape index (κ2) is 5.65. The second-order valence-corrected chi connectivity index (χ2v) is 6.94. The zero-order chi connectivity index (χ0) is 15.0. The predicted molar refractivity (Wildman–Crippen MR) is 86.2 cm³/mol. The van der Waals surface area contributed by atoms with Gasteiger partial charge in [0.05, 0.1) is 5.69 Å². The standard InChI is InChI=1S/C16H20ClN5/c17-14-2-1-13(15(7-14)22-12-19-11-20-22)8-21-6-4-16(10-21)3-5-18-9-16/h1-2,7,11-12,18H,3-6,8-10H2. The van der Waals surface area contributed by atoms with Gasteiger partial charge >= 0.3 is 0 Å². The molecule has 1 unspecified atom stereocenters. The van der Waals surface area contributed by atoms with Crippen LogP contribution < -0.4 is 5.32 Å². The van der Waals surface area contributed by atoms with E-state index in [9.17, 15) is 0 Å². The molecule has 2 aliphatic rings. The minimum atomic E-state index is 0.500. The smallest absolute Gasteiger partial charge is 0.138 e. The van der Waals surface area contributed by atoms with Crippen LogP contribution in [-0.4, -0.2) is 45.8 Å². The Bertz CT molecular complexity index is 649. The van der Waals surface area contributed by atoms with Crippen LogP contribution in [0.3, 0.4) is 0 Å². The molecule has 0 radical (unpaired) electrons. The van der Waals surface area contributed by atoms with E-state index < -0.39 is 0 Å². The fraction of sp³-hybridized carbons (Fsp3) is 0.500. The number of nitrogens with one attached hydrogen (secondary N) is 1. The van der Waals surface area contributed by atoms with Crippen LogP contribution in [-0.2, 0) is 6.54 Å². The molecule has 0 aliphatic carbocycles. The average Bonchev–Trinajstić information content (AvgIpc) is 3.25. The molecule has 5 nitrogen and oxygen atoms in total. The van der Waals surface area contributed by atoms with E-state index >= 15 is 0 Å². The molecule has 116 valence electrons. The number of hydrogen-bond donors (Lipinski definition) is 1. The Balaban J connectivity index is 1.56. The van der Waals surface area contributed by atoms with E-state index in [1.807, 2.05) is 12.1 Å². The lowest BCUT2D eigenvalue weighted by molar-refractivity contribution is 0.268. The Morgan fingerprint density at radius 2 is 2.27 bits per heavy atom. The SMILES string of the molecule is Clc1ccc(CN2CCC3(CCNC3)C2)c(-n2cncn2)c1. The van der Waals surface area contributed by atoms with Gasteiger partial charge in [0.2, 0.25) is 0 Å². The van der Waals surface area contributed by atoms with Gasteiger partial charge in [0.1, 0.15) is 12.7 Å². The van der Waals surface area contributed by atoms with Crippen molar-refractivity contribution in [2.45, 2.75) is 19.4 Å². The third-order valence-corrected chi connectivity index (χ3v) is 5.19. The normalized spacial score (nSPS) is 25.3. The quantitative estimate of drug-likeness (QED) is 0.942. The largest absolute Gasteiger partial charge is 0.316 e. The van der Waals surface area contributed by atoms with Crippen molar-refractivity contribution in [1.29, 1.82) is 0 Å². The highest BCUT2D eigenvalue weighted by atomic mass is 35.5. The van der Waals surface area contributed by atoms with Gasteiger partial charge in [-0.1, -0.05) is 17.7 Å². The molecule has 6 heteroatoms. The molecule has 1 aromatic carbocycles. The van der Waals surface area contributed by atoms with Gasteiger partial charge in [0.25, 0.3) is 0 Å². The molecule has 0 amide bonds. The van der Waals surface area contributed by atoms with Crippen LogP contribution in [0.2, 0.25) is 5.02 Å². The fourth-order valence-electron chi connectivity index (χ4n) is 3.76. The number of aromatic nitrogens is 3. The van der Waals surface area contributed by atoms with Gasteiger partial charge < -0.3 is 5.32 Å². The number of likely N-dealkylation sites (tertiary alicyclic amines) is 1. The minimum absolute atomic E-state index is 0.500. The van der Waals surface area contributed by atoms with Gasteiger partial charge in [-0.05, 0) is 49.0 Å². The number of rotatable bonds is 3. The molecule has 2 saturated heterocycles. The van der Waals surface area contributed by atoms with Gasteiger partial charge in [0, 0.05) is 24.7 Å². The molecule has 1 spiro atoms. The van der Waals surface area contributed by atoms with Crippen molar-refractivity contribution in [3.8, 4) is 5.69 Å². The molecule has 2 aromatic rings. The van der Waals surface area contributed by atoms with Crippen molar-refractivity contribution in [2.75, 3.05) is 26.2 Å². The maximum Gasteiger partial charge on any atom is 0.138 e. The first kappa shape index (κ1) is 14.2. The highest BCUT2D eigenvalue weighted by Gasteiger charge is 2.40. The number of benzene rings is 1. The molecule has 22 heavy (non-hydrogen) atoms. The lowest BCUT2D eigenvalue weighted by Crippen LogP contribution is -2.29. The van der Waals surface area contributed by atoms with Crippen molar-refractivity contribution in [1.82, 2.24) is 25.0 Å². The molecule has 1 atom stereocenters. The van der Waals surface area contributed by atoms with Crippen LogP contribution in [0.5, 0.6) is 0 Å². The number of nitrogens with zero attached hydrogens (tertiary/aromatic N) is 4. The van der Waals surface area contributed by atoms with Crippen molar-refractivity contribution >= 4 is 11.6 Å². The first-order chi connectivity index (χ1) is 10.7. The molecule has 0 bridgehead atoms. The zero-order valence-corrected chi connectivity index (χ0v) is 13.3. The van der Waals surface area contributed by atoms with Crippen LogP contribution in [0.25, 0.3) is 5.69 Å². The van der Waals surface area contributed by atoms with Crippen LogP contribution in [0.4, 0.5) is 0 Å². The topological polar surface area (TPSA) is 46.0 Å². The maximum atomic E-state index is 6.17. The van der Waals surface area contributed by atoms with Crippen LogP contribution >= 0.6 is 11.6 Å². The Morgan fingerprint density at radius 1 is 1.32 bits per heavy atom. The van der Waals surface area contributed by atoms with Gasteiger partial charge in [-0.3, -0.25) is 4.90 Å². The number of hydrogen-bond acceptors (Lipinski definition) is 4. The molecule has 3 heterocycles. The summed E-state index contributed by atoms with van der Waals surface area (Å²) in [6.45, 7) is 5.62. The Morgan fingerprint density at radius 3 is 3.05 bits per heavy atom. The number of halogens is 1. The molecule has 2 fully saturated rings. The molecule has 2 aliphatic heterocycles. The van der Waals surface area contributed by atoms with E-state index in [0.717, 1.165) is 17.3 Å². The van der Waals surface area contributed by atoms with Gasteiger partial charge in [-0.25, -0.2) is 9.67 Å². The zero-order valence-electron chi connectivity index (χ0n) is 12.5. The molecular formula is C16H20ClN5. The Hall–Kier alpha value is -1.43. The van der Waals surface area contributed by atoms with Crippen molar-refractivity contribution in [2.24, 2.45) is 5.41 Å². The van der Waals surface area contributed by atoms with Gasteiger partial charge in [-0.2, -0.15) is 5.10 Å². The van der Waals surface area contributed by atoms with E-state index in [0.29, 0.717) is 5.41 Å². The van der Waals surface area contributed by atoms with E-state index in [2.05, 4.69) is 26.4 Å². The van der Waals surface area contributed by atoms with Crippen molar-refractivity contribution in [3.63, 3.8) is 0 Å². The molecule has 1 aromatic heterocycles. The van der Waals surface area contributed by atoms with E-state index in [4.69, 9.17) is 11.6 Å². The summed E-state index contributed by atoms with van der Waals surface area (Å²) in [6.07, 6.45) is 5.88. The predicted octanol–water partition coefficient (Wildman–Crippen LogP) is 2.11. The van der Waals surface area contributed by atoms with Crippen LogP contribution in [0, 0.1) is 5.41 Å². The Labute approximate surface area is 135 Å². The summed E-state index contributed by atoms with van der Waals surface area (Å²) in [6, 6.07) is 6.03. The summed E-state index contributed by atoms with van der Waals surface area (Å²) in [5.74, 6) is 0. The second-order valence-electron chi connectivity index (χ2n) is 6.50. The van der Waals surface area contributed by atoms with Crippen molar-refractivity contribution < 1.29 is 0 Å². The molecule has 0 saturated carbocycles. The van der Waals surface area contributed by atoms with E-state index in [1.165, 1.54) is 44.6 Å². The lowest BCUT2D eigenvalue weighted by atomic mass is 9.86. The maximum absolute atomic E-state index is 6.17. The third kappa shape index (κ3) is 2.64. The molecule has 4 rings (SSSR count). The summed E-state index contributed by atoms with van der Waals surface area (Å²) in [5.41, 5.74) is 2.77. The Kier molecular flexibility index (Phi) is 3.64. The third-order valence-electron chi connectivity index (χ3n) is 4.96. The van der Waals surface area contributed by atoms with Crippen molar-refractivity contribution in [3.05, 3.63) is 41.4 Å². The summed E-state index contributed by atoms with van der Waals surface area (Å²) in [5, 5.41) is 8.50. The summed E-state index contributed by atoms with van der Waals surface area (Å²) in [4.78, 5) is 6.60. The van der Waals surface area contributed by atoms with Crippen LogP contribution in [0.15, 0.2) is 30.9 Å². The monoisotopic (exact) mass is 317 g/mol. The minimum Gasteiger partial charge on any atom is -0.316 e. The summed E-state index contributed by atoms with van der Waals surface area (Å²) >= 11 is 6.17. The fourth-order valence-corrected chi connectivity index (χ4v) is 3.93.